The lowest BCUT2D eigenvalue weighted by molar-refractivity contribution is -0.113. The number of carbonyl (C=O) groups is 2. The molecule has 0 spiro atoms. The van der Waals surface area contributed by atoms with Crippen LogP contribution in [0.1, 0.15) is 5.56 Å². The van der Waals surface area contributed by atoms with Crippen LogP contribution in [0.15, 0.2) is 53.4 Å². The van der Waals surface area contributed by atoms with Crippen molar-refractivity contribution in [2.75, 3.05) is 4.90 Å². The lowest BCUT2D eigenvalue weighted by Gasteiger charge is -2.12. The fourth-order valence-electron chi connectivity index (χ4n) is 2.06. The van der Waals surface area contributed by atoms with Gasteiger partial charge in [0.2, 0.25) is 0 Å². The highest BCUT2D eigenvalue weighted by molar-refractivity contribution is 8.19. The molecule has 1 fully saturated rings. The summed E-state index contributed by atoms with van der Waals surface area (Å²) >= 11 is 0.736. The van der Waals surface area contributed by atoms with Crippen molar-refractivity contribution in [1.82, 2.24) is 0 Å². The topological polar surface area (TPSA) is 57.6 Å². The van der Waals surface area contributed by atoms with E-state index in [-0.39, 0.29) is 21.9 Å². The van der Waals surface area contributed by atoms with Gasteiger partial charge in [-0.15, -0.1) is 0 Å². The molecule has 0 aromatic heterocycles. The smallest absolute Gasteiger partial charge is 0.298 e. The van der Waals surface area contributed by atoms with Crippen LogP contribution >= 0.6 is 11.8 Å². The van der Waals surface area contributed by atoms with E-state index in [4.69, 9.17) is 0 Å². The number of nitrogens with zero attached hydrogens (tertiary/aromatic N) is 1. The maximum Gasteiger partial charge on any atom is 0.298 e. The van der Waals surface area contributed by atoms with Crippen molar-refractivity contribution >= 4 is 34.7 Å². The molecule has 6 heteroatoms. The average molecular weight is 315 g/mol. The minimum Gasteiger partial charge on any atom is -0.508 e. The standard InChI is InChI=1S/C16H10FNO3S/c17-13-7-2-1-4-10(13)8-14-15(20)18(16(21)22-14)11-5-3-6-12(19)9-11/h1-9,19H/b14-8-. The second kappa shape index (κ2) is 5.65. The number of phenolic OH excluding ortho intramolecular Hbond substituents is 1. The summed E-state index contributed by atoms with van der Waals surface area (Å²) in [4.78, 5) is 25.5. The third-order valence-corrected chi connectivity index (χ3v) is 3.94. The van der Waals surface area contributed by atoms with Crippen LogP contribution < -0.4 is 4.90 Å². The zero-order valence-corrected chi connectivity index (χ0v) is 12.0. The summed E-state index contributed by atoms with van der Waals surface area (Å²) in [6.45, 7) is 0. The van der Waals surface area contributed by atoms with Crippen molar-refractivity contribution in [3.63, 3.8) is 0 Å². The molecule has 1 aliphatic heterocycles. The number of amides is 2. The van der Waals surface area contributed by atoms with E-state index in [1.165, 1.54) is 36.4 Å². The first kappa shape index (κ1) is 14.3. The van der Waals surface area contributed by atoms with Crippen LogP contribution in [-0.4, -0.2) is 16.3 Å². The highest BCUT2D eigenvalue weighted by Crippen LogP contribution is 2.36. The number of thioether (sulfide) groups is 1. The number of phenols is 1. The monoisotopic (exact) mass is 315 g/mol. The molecule has 1 N–H and O–H groups in total. The average Bonchev–Trinajstić information content (AvgIpc) is 2.76. The van der Waals surface area contributed by atoms with Gasteiger partial charge < -0.3 is 5.11 Å². The van der Waals surface area contributed by atoms with Gasteiger partial charge in [-0.25, -0.2) is 9.29 Å². The molecule has 4 nitrogen and oxygen atoms in total. The third kappa shape index (κ3) is 2.60. The number of rotatable bonds is 2. The summed E-state index contributed by atoms with van der Waals surface area (Å²) in [5, 5.41) is 8.98. The predicted octanol–water partition coefficient (Wildman–Crippen LogP) is 3.77. The van der Waals surface area contributed by atoms with Crippen LogP contribution in [0.5, 0.6) is 5.75 Å². The lowest BCUT2D eigenvalue weighted by atomic mass is 10.2. The molecule has 1 aliphatic rings. The largest absolute Gasteiger partial charge is 0.508 e. The van der Waals surface area contributed by atoms with Gasteiger partial charge in [-0.1, -0.05) is 24.3 Å². The van der Waals surface area contributed by atoms with E-state index in [0.29, 0.717) is 0 Å². The van der Waals surface area contributed by atoms with Crippen molar-refractivity contribution in [1.29, 1.82) is 0 Å². The third-order valence-electron chi connectivity index (χ3n) is 3.07. The number of hydrogen-bond donors (Lipinski definition) is 1. The first-order chi connectivity index (χ1) is 10.6. The molecule has 1 saturated heterocycles. The molecule has 0 saturated carbocycles. The quantitative estimate of drug-likeness (QED) is 0.857. The Morgan fingerprint density at radius 3 is 2.59 bits per heavy atom. The molecule has 0 atom stereocenters. The number of anilines is 1. The zero-order valence-electron chi connectivity index (χ0n) is 11.2. The maximum atomic E-state index is 13.6. The SMILES string of the molecule is O=C1S/C(=C\c2ccccc2F)C(=O)N1c1cccc(O)c1. The summed E-state index contributed by atoms with van der Waals surface area (Å²) in [6.07, 6.45) is 1.35. The number of carbonyl (C=O) groups excluding carboxylic acids is 2. The zero-order chi connectivity index (χ0) is 15.7. The summed E-state index contributed by atoms with van der Waals surface area (Å²) in [5.41, 5.74) is 0.517. The summed E-state index contributed by atoms with van der Waals surface area (Å²) in [6, 6.07) is 11.8. The Bertz CT molecular complexity index is 803. The summed E-state index contributed by atoms with van der Waals surface area (Å²) in [5.74, 6) is -1.05. The van der Waals surface area contributed by atoms with E-state index in [1.807, 2.05) is 0 Å². The fourth-order valence-corrected chi connectivity index (χ4v) is 2.89. The normalized spacial score (nSPS) is 16.6. The van der Waals surface area contributed by atoms with Crippen LogP contribution in [0.3, 0.4) is 0 Å². The van der Waals surface area contributed by atoms with Crippen molar-refractivity contribution < 1.29 is 19.1 Å². The second-order valence-corrected chi connectivity index (χ2v) is 5.55. The number of halogens is 1. The highest BCUT2D eigenvalue weighted by atomic mass is 32.2. The van der Waals surface area contributed by atoms with Gasteiger partial charge in [-0.3, -0.25) is 9.59 Å². The van der Waals surface area contributed by atoms with Crippen molar-refractivity contribution in [2.45, 2.75) is 0 Å². The molecule has 2 aromatic rings. The highest BCUT2D eigenvalue weighted by Gasteiger charge is 2.36. The first-order valence-corrected chi connectivity index (χ1v) is 7.19. The lowest BCUT2D eigenvalue weighted by Crippen LogP contribution is -2.27. The Kier molecular flexibility index (Phi) is 3.68. The minimum absolute atomic E-state index is 0.0466. The molecular formula is C16H10FNO3S. The molecule has 0 aliphatic carbocycles. The van der Waals surface area contributed by atoms with E-state index in [0.717, 1.165) is 16.7 Å². The predicted molar refractivity (Wildman–Crippen MR) is 83.0 cm³/mol. The van der Waals surface area contributed by atoms with E-state index in [2.05, 4.69) is 0 Å². The molecule has 2 amide bonds. The molecule has 0 radical (unpaired) electrons. The van der Waals surface area contributed by atoms with Gasteiger partial charge in [0, 0.05) is 11.6 Å². The first-order valence-electron chi connectivity index (χ1n) is 6.38. The van der Waals surface area contributed by atoms with Gasteiger partial charge >= 0.3 is 0 Å². The van der Waals surface area contributed by atoms with Crippen molar-refractivity contribution in [2.24, 2.45) is 0 Å². The van der Waals surface area contributed by atoms with Crippen LogP contribution in [0, 0.1) is 5.82 Å². The fraction of sp³-hybridized carbons (Fsp3) is 0. The molecule has 0 bridgehead atoms. The van der Waals surface area contributed by atoms with Gasteiger partial charge in [0.15, 0.2) is 0 Å². The molecule has 3 rings (SSSR count). The van der Waals surface area contributed by atoms with Gasteiger partial charge in [-0.05, 0) is 36.0 Å². The Morgan fingerprint density at radius 2 is 1.86 bits per heavy atom. The Morgan fingerprint density at radius 1 is 1.09 bits per heavy atom. The van der Waals surface area contributed by atoms with Gasteiger partial charge in [-0.2, -0.15) is 0 Å². The molecule has 22 heavy (non-hydrogen) atoms. The van der Waals surface area contributed by atoms with E-state index >= 15 is 0 Å². The van der Waals surface area contributed by atoms with E-state index in [1.54, 1.807) is 18.2 Å². The molecule has 2 aromatic carbocycles. The van der Waals surface area contributed by atoms with Crippen molar-refractivity contribution in [3.8, 4) is 5.75 Å². The minimum atomic E-state index is -0.538. The van der Waals surface area contributed by atoms with E-state index in [9.17, 15) is 19.1 Å². The summed E-state index contributed by atoms with van der Waals surface area (Å²) < 4.78 is 13.6. The van der Waals surface area contributed by atoms with E-state index < -0.39 is 17.0 Å². The Hall–Kier alpha value is -2.60. The number of imide groups is 1. The second-order valence-electron chi connectivity index (χ2n) is 4.56. The van der Waals surface area contributed by atoms with Gasteiger partial charge in [0.25, 0.3) is 11.1 Å². The van der Waals surface area contributed by atoms with Crippen LogP contribution in [-0.2, 0) is 4.79 Å². The molecule has 1 heterocycles. The summed E-state index contributed by atoms with van der Waals surface area (Å²) in [7, 11) is 0. The van der Waals surface area contributed by atoms with Crippen LogP contribution in [0.4, 0.5) is 14.9 Å². The Labute approximate surface area is 129 Å². The Balaban J connectivity index is 1.97. The van der Waals surface area contributed by atoms with Crippen LogP contribution in [0.25, 0.3) is 6.08 Å². The molecule has 0 unspecified atom stereocenters. The van der Waals surface area contributed by atoms with Crippen molar-refractivity contribution in [3.05, 3.63) is 64.8 Å². The number of hydrogen-bond acceptors (Lipinski definition) is 4. The van der Waals surface area contributed by atoms with Gasteiger partial charge in [0.1, 0.15) is 11.6 Å². The maximum absolute atomic E-state index is 13.6. The number of benzene rings is 2. The van der Waals surface area contributed by atoms with Crippen LogP contribution in [0.2, 0.25) is 0 Å². The van der Waals surface area contributed by atoms with Gasteiger partial charge in [0.05, 0.1) is 10.6 Å². The number of aromatic hydroxyl groups is 1. The molecule has 110 valence electrons. The molecular weight excluding hydrogens is 305 g/mol.